The molecule has 1 atom stereocenters. The molecule has 0 fully saturated rings. The van der Waals surface area contributed by atoms with E-state index in [0.29, 0.717) is 31.2 Å². The van der Waals surface area contributed by atoms with Gasteiger partial charge in [-0.05, 0) is 66.5 Å². The Kier molecular flexibility index (Phi) is 6.96. The fourth-order valence-corrected chi connectivity index (χ4v) is 4.57. The first-order chi connectivity index (χ1) is 13.8. The van der Waals surface area contributed by atoms with Crippen LogP contribution in [0.15, 0.2) is 29.6 Å². The number of thiophene rings is 1. The topological polar surface area (TPSA) is 58.6 Å². The van der Waals surface area contributed by atoms with Gasteiger partial charge in [0, 0.05) is 30.9 Å². The van der Waals surface area contributed by atoms with Crippen molar-refractivity contribution in [3.05, 3.63) is 51.2 Å². The van der Waals surface area contributed by atoms with E-state index < -0.39 is 6.10 Å². The highest BCUT2D eigenvalue weighted by Crippen LogP contribution is 2.25. The van der Waals surface area contributed by atoms with E-state index in [4.69, 9.17) is 4.74 Å². The van der Waals surface area contributed by atoms with Crippen molar-refractivity contribution in [1.82, 2.24) is 10.2 Å². The van der Waals surface area contributed by atoms with E-state index in [1.165, 1.54) is 16.0 Å². The zero-order valence-electron chi connectivity index (χ0n) is 17.7. The number of hydrogen-bond acceptors (Lipinski definition) is 4. The van der Waals surface area contributed by atoms with Gasteiger partial charge in [0.05, 0.1) is 0 Å². The van der Waals surface area contributed by atoms with Gasteiger partial charge in [-0.3, -0.25) is 9.59 Å². The van der Waals surface area contributed by atoms with Crippen molar-refractivity contribution in [1.29, 1.82) is 0 Å². The third-order valence-corrected chi connectivity index (χ3v) is 6.37. The summed E-state index contributed by atoms with van der Waals surface area (Å²) in [5.74, 6) is 1.01. The fraction of sp³-hybridized carbons (Fsp3) is 0.478. The minimum atomic E-state index is -0.613. The number of nitrogens with one attached hydrogen (secondary N) is 1. The van der Waals surface area contributed by atoms with Gasteiger partial charge in [0.15, 0.2) is 6.10 Å². The normalized spacial score (nSPS) is 14.4. The summed E-state index contributed by atoms with van der Waals surface area (Å²) in [6.45, 7) is 9.85. The monoisotopic (exact) mass is 414 g/mol. The predicted molar refractivity (Wildman–Crippen MR) is 116 cm³/mol. The van der Waals surface area contributed by atoms with Crippen molar-refractivity contribution in [3.63, 3.8) is 0 Å². The average Bonchev–Trinajstić information content (AvgIpc) is 3.15. The van der Waals surface area contributed by atoms with Gasteiger partial charge in [0.1, 0.15) is 5.75 Å². The van der Waals surface area contributed by atoms with Gasteiger partial charge in [-0.2, -0.15) is 0 Å². The maximum absolute atomic E-state index is 12.4. The summed E-state index contributed by atoms with van der Waals surface area (Å²) in [7, 11) is 0. The molecule has 0 saturated carbocycles. The predicted octanol–water partition coefficient (Wildman–Crippen LogP) is 4.04. The van der Waals surface area contributed by atoms with E-state index in [-0.39, 0.29) is 11.8 Å². The number of benzene rings is 1. The lowest BCUT2D eigenvalue weighted by Crippen LogP contribution is -2.40. The van der Waals surface area contributed by atoms with E-state index in [0.717, 1.165) is 18.5 Å². The molecule has 3 rings (SSSR count). The molecule has 0 spiro atoms. The first-order valence-electron chi connectivity index (χ1n) is 10.2. The van der Waals surface area contributed by atoms with Crippen LogP contribution in [0.3, 0.4) is 0 Å². The highest BCUT2D eigenvalue weighted by molar-refractivity contribution is 7.10. The Morgan fingerprint density at radius 3 is 2.76 bits per heavy atom. The fourth-order valence-electron chi connectivity index (χ4n) is 3.68. The van der Waals surface area contributed by atoms with Crippen LogP contribution in [0.2, 0.25) is 0 Å². The summed E-state index contributed by atoms with van der Waals surface area (Å²) in [5, 5.41) is 4.90. The molecule has 0 radical (unpaired) electrons. The van der Waals surface area contributed by atoms with Crippen LogP contribution in [-0.4, -0.2) is 35.9 Å². The lowest BCUT2D eigenvalue weighted by molar-refractivity contribution is -0.132. The highest BCUT2D eigenvalue weighted by atomic mass is 32.1. The van der Waals surface area contributed by atoms with Gasteiger partial charge in [0.25, 0.3) is 5.91 Å². The summed E-state index contributed by atoms with van der Waals surface area (Å²) in [4.78, 5) is 28.0. The van der Waals surface area contributed by atoms with Gasteiger partial charge in [0.2, 0.25) is 5.91 Å². The van der Waals surface area contributed by atoms with Crippen molar-refractivity contribution in [2.45, 2.75) is 59.1 Å². The number of rotatable bonds is 7. The summed E-state index contributed by atoms with van der Waals surface area (Å²) >= 11 is 1.76. The maximum Gasteiger partial charge on any atom is 0.260 e. The Labute approximate surface area is 177 Å². The van der Waals surface area contributed by atoms with E-state index in [2.05, 4.69) is 43.6 Å². The Balaban J connectivity index is 1.43. The van der Waals surface area contributed by atoms with Gasteiger partial charge >= 0.3 is 0 Å². The summed E-state index contributed by atoms with van der Waals surface area (Å²) < 4.78 is 5.79. The Bertz CT molecular complexity index is 875. The molecule has 5 nitrogen and oxygen atoms in total. The third-order valence-electron chi connectivity index (χ3n) is 5.34. The number of nitrogens with zero attached hydrogens (tertiary/aromatic N) is 1. The van der Waals surface area contributed by atoms with Crippen molar-refractivity contribution < 1.29 is 14.3 Å². The minimum absolute atomic E-state index is 0.0793. The second-order valence-electron chi connectivity index (χ2n) is 7.91. The van der Waals surface area contributed by atoms with Gasteiger partial charge in [-0.15, -0.1) is 11.3 Å². The first-order valence-corrected chi connectivity index (χ1v) is 11.1. The standard InChI is InChI=1S/C23H30N2O3S/c1-15(2)20-6-5-19(13-16(20)3)28-17(4)23(27)24-10-7-22(26)25-11-8-21-18(14-25)9-12-29-21/h5-6,9,12-13,15,17H,7-8,10-11,14H2,1-4H3,(H,24,27). The van der Waals surface area contributed by atoms with Crippen LogP contribution in [0.25, 0.3) is 0 Å². The van der Waals surface area contributed by atoms with Gasteiger partial charge in [-0.25, -0.2) is 0 Å². The van der Waals surface area contributed by atoms with Crippen LogP contribution in [0.4, 0.5) is 0 Å². The summed E-state index contributed by atoms with van der Waals surface area (Å²) in [6, 6.07) is 8.02. The van der Waals surface area contributed by atoms with Crippen LogP contribution in [-0.2, 0) is 22.6 Å². The van der Waals surface area contributed by atoms with Crippen molar-refractivity contribution in [2.75, 3.05) is 13.1 Å². The van der Waals surface area contributed by atoms with Gasteiger partial charge in [-0.1, -0.05) is 19.9 Å². The highest BCUT2D eigenvalue weighted by Gasteiger charge is 2.22. The van der Waals surface area contributed by atoms with Crippen LogP contribution in [0.5, 0.6) is 5.75 Å². The zero-order valence-corrected chi connectivity index (χ0v) is 18.5. The molecule has 0 bridgehead atoms. The van der Waals surface area contributed by atoms with Crippen molar-refractivity contribution in [2.24, 2.45) is 0 Å². The van der Waals surface area contributed by atoms with Gasteiger partial charge < -0.3 is 15.0 Å². The summed E-state index contributed by atoms with van der Waals surface area (Å²) in [6.07, 6.45) is 0.614. The molecule has 1 aliphatic rings. The number of ether oxygens (including phenoxy) is 1. The molecule has 0 aliphatic carbocycles. The molecule has 2 amide bonds. The van der Waals surface area contributed by atoms with E-state index in [1.807, 2.05) is 17.0 Å². The Morgan fingerprint density at radius 1 is 1.24 bits per heavy atom. The summed E-state index contributed by atoms with van der Waals surface area (Å²) in [5.41, 5.74) is 3.69. The maximum atomic E-state index is 12.4. The molecule has 6 heteroatoms. The average molecular weight is 415 g/mol. The smallest absolute Gasteiger partial charge is 0.260 e. The lowest BCUT2D eigenvalue weighted by Gasteiger charge is -2.27. The number of carbonyl (C=O) groups excluding carboxylic acids is 2. The second-order valence-corrected chi connectivity index (χ2v) is 8.91. The first kappa shape index (κ1) is 21.4. The molecule has 1 aromatic heterocycles. The Hall–Kier alpha value is -2.34. The van der Waals surface area contributed by atoms with E-state index >= 15 is 0 Å². The van der Waals surface area contributed by atoms with E-state index in [9.17, 15) is 9.59 Å². The van der Waals surface area contributed by atoms with Crippen molar-refractivity contribution in [3.8, 4) is 5.75 Å². The molecule has 1 unspecified atom stereocenters. The number of fused-ring (bicyclic) bond motifs is 1. The number of aryl methyl sites for hydroxylation is 1. The van der Waals surface area contributed by atoms with E-state index in [1.54, 1.807) is 18.3 Å². The zero-order chi connectivity index (χ0) is 21.0. The molecule has 2 aromatic rings. The number of carbonyl (C=O) groups is 2. The SMILES string of the molecule is Cc1cc(OC(C)C(=O)NCCC(=O)N2CCc3sccc3C2)ccc1C(C)C. The van der Waals surface area contributed by atoms with Crippen LogP contribution >= 0.6 is 11.3 Å². The molecule has 1 aromatic carbocycles. The molecule has 29 heavy (non-hydrogen) atoms. The quantitative estimate of drug-likeness (QED) is 0.744. The Morgan fingerprint density at radius 2 is 2.03 bits per heavy atom. The van der Waals surface area contributed by atoms with Crippen LogP contribution < -0.4 is 10.1 Å². The van der Waals surface area contributed by atoms with Crippen LogP contribution in [0.1, 0.15) is 54.7 Å². The molecular weight excluding hydrogens is 384 g/mol. The molecule has 0 saturated heterocycles. The number of hydrogen-bond donors (Lipinski definition) is 1. The largest absolute Gasteiger partial charge is 0.481 e. The molecular formula is C23H30N2O3S. The lowest BCUT2D eigenvalue weighted by atomic mass is 9.98. The third kappa shape index (κ3) is 5.38. The van der Waals surface area contributed by atoms with Crippen LogP contribution in [0, 0.1) is 6.92 Å². The molecule has 2 heterocycles. The molecule has 1 aliphatic heterocycles. The minimum Gasteiger partial charge on any atom is -0.481 e. The second kappa shape index (κ2) is 9.44. The molecule has 1 N–H and O–H groups in total. The van der Waals surface area contributed by atoms with Crippen molar-refractivity contribution >= 4 is 23.2 Å². The number of amides is 2. The molecule has 156 valence electrons.